The van der Waals surface area contributed by atoms with Gasteiger partial charge in [-0.25, -0.2) is 4.98 Å². The number of thiophene rings is 1. The van der Waals surface area contributed by atoms with Crippen molar-refractivity contribution < 1.29 is 0 Å². The lowest BCUT2D eigenvalue weighted by atomic mass is 10.2. The zero-order valence-electron chi connectivity index (χ0n) is 8.41. The Morgan fingerprint density at radius 3 is 2.73 bits per heavy atom. The topological polar surface area (TPSA) is 67.6 Å². The summed E-state index contributed by atoms with van der Waals surface area (Å²) in [5, 5.41) is 10.0. The van der Waals surface area contributed by atoms with Gasteiger partial charge in [0, 0.05) is 11.3 Å². The summed E-state index contributed by atoms with van der Waals surface area (Å²) in [5.41, 5.74) is 6.56. The lowest BCUT2D eigenvalue weighted by Crippen LogP contribution is -1.90. The highest BCUT2D eigenvalue weighted by Gasteiger charge is 2.15. The smallest absolute Gasteiger partial charge is 0.160 e. The molecule has 0 saturated carbocycles. The molecule has 15 heavy (non-hydrogen) atoms. The molecule has 4 nitrogen and oxygen atoms in total. The van der Waals surface area contributed by atoms with Crippen molar-refractivity contribution in [2.45, 2.75) is 19.8 Å². The zero-order chi connectivity index (χ0) is 11.0. The number of aromatic nitrogens is 3. The summed E-state index contributed by atoms with van der Waals surface area (Å²) in [7, 11) is 0. The molecule has 2 heterocycles. The van der Waals surface area contributed by atoms with Gasteiger partial charge in [-0.1, -0.05) is 25.4 Å². The van der Waals surface area contributed by atoms with E-state index < -0.39 is 0 Å². The van der Waals surface area contributed by atoms with Crippen LogP contribution in [-0.2, 0) is 0 Å². The molecule has 2 rings (SSSR count). The van der Waals surface area contributed by atoms with E-state index in [0.29, 0.717) is 15.8 Å². The molecule has 2 aromatic heterocycles. The normalized spacial score (nSPS) is 11.2. The standard InChI is InChI=1S/C9H11ClN4S/c1-4(2)8-12-9(14-13-8)6-5(10)3-15-7(6)11/h3-4H,11H2,1-2H3,(H,12,13,14). The average Bonchev–Trinajstić information content (AvgIpc) is 2.73. The number of rotatable bonds is 2. The first kappa shape index (κ1) is 10.4. The van der Waals surface area contributed by atoms with Crippen LogP contribution in [-0.4, -0.2) is 15.2 Å². The highest BCUT2D eigenvalue weighted by molar-refractivity contribution is 7.15. The van der Waals surface area contributed by atoms with E-state index in [1.54, 1.807) is 5.38 Å². The SMILES string of the molecule is CC(C)c1n[nH]c(-c2c(Cl)csc2N)n1. The van der Waals surface area contributed by atoms with E-state index in [0.717, 1.165) is 11.4 Å². The number of nitrogens with two attached hydrogens (primary N) is 1. The minimum Gasteiger partial charge on any atom is -0.390 e. The van der Waals surface area contributed by atoms with Crippen LogP contribution < -0.4 is 5.73 Å². The lowest BCUT2D eigenvalue weighted by molar-refractivity contribution is 0.781. The molecule has 80 valence electrons. The van der Waals surface area contributed by atoms with E-state index in [2.05, 4.69) is 15.2 Å². The molecule has 0 radical (unpaired) electrons. The highest BCUT2D eigenvalue weighted by atomic mass is 35.5. The van der Waals surface area contributed by atoms with E-state index in [-0.39, 0.29) is 5.92 Å². The van der Waals surface area contributed by atoms with Gasteiger partial charge in [0.15, 0.2) is 11.6 Å². The van der Waals surface area contributed by atoms with Crippen molar-refractivity contribution in [3.8, 4) is 11.4 Å². The van der Waals surface area contributed by atoms with Crippen molar-refractivity contribution in [3.05, 3.63) is 16.2 Å². The summed E-state index contributed by atoms with van der Waals surface area (Å²) in [4.78, 5) is 4.35. The third-order valence-electron chi connectivity index (χ3n) is 2.03. The summed E-state index contributed by atoms with van der Waals surface area (Å²) in [6.45, 7) is 4.07. The minimum absolute atomic E-state index is 0.286. The van der Waals surface area contributed by atoms with Crippen LogP contribution in [0.4, 0.5) is 5.00 Å². The molecule has 0 unspecified atom stereocenters. The molecule has 0 fully saturated rings. The van der Waals surface area contributed by atoms with Crippen LogP contribution in [0.3, 0.4) is 0 Å². The van der Waals surface area contributed by atoms with E-state index in [1.807, 2.05) is 13.8 Å². The summed E-state index contributed by atoms with van der Waals surface area (Å²) >= 11 is 7.41. The quantitative estimate of drug-likeness (QED) is 0.851. The Kier molecular flexibility index (Phi) is 2.67. The number of aromatic amines is 1. The molecular formula is C9H11ClN4S. The Morgan fingerprint density at radius 1 is 1.53 bits per heavy atom. The molecule has 0 saturated heterocycles. The first-order valence-electron chi connectivity index (χ1n) is 4.54. The summed E-state index contributed by atoms with van der Waals surface area (Å²) in [6, 6.07) is 0. The number of nitrogens with zero attached hydrogens (tertiary/aromatic N) is 2. The molecule has 0 atom stereocenters. The van der Waals surface area contributed by atoms with E-state index in [1.165, 1.54) is 11.3 Å². The fraction of sp³-hybridized carbons (Fsp3) is 0.333. The molecule has 2 aromatic rings. The van der Waals surface area contributed by atoms with Gasteiger partial charge in [0.25, 0.3) is 0 Å². The predicted octanol–water partition coefficient (Wildman–Crippen LogP) is 2.89. The van der Waals surface area contributed by atoms with Gasteiger partial charge in [-0.2, -0.15) is 5.10 Å². The van der Waals surface area contributed by atoms with Crippen molar-refractivity contribution in [2.75, 3.05) is 5.73 Å². The van der Waals surface area contributed by atoms with Gasteiger partial charge in [0.1, 0.15) is 0 Å². The highest BCUT2D eigenvalue weighted by Crippen LogP contribution is 2.36. The maximum atomic E-state index is 6.01. The first-order chi connectivity index (χ1) is 7.09. The molecule has 0 aliphatic heterocycles. The zero-order valence-corrected chi connectivity index (χ0v) is 9.99. The Bertz CT molecular complexity index is 455. The van der Waals surface area contributed by atoms with Gasteiger partial charge >= 0.3 is 0 Å². The van der Waals surface area contributed by atoms with E-state index in [9.17, 15) is 0 Å². The van der Waals surface area contributed by atoms with Crippen molar-refractivity contribution >= 4 is 27.9 Å². The van der Waals surface area contributed by atoms with E-state index in [4.69, 9.17) is 17.3 Å². The Hall–Kier alpha value is -1.07. The van der Waals surface area contributed by atoms with E-state index >= 15 is 0 Å². The molecule has 0 spiro atoms. The third-order valence-corrected chi connectivity index (χ3v) is 3.27. The number of halogens is 1. The largest absolute Gasteiger partial charge is 0.390 e. The molecule has 0 aliphatic carbocycles. The molecule has 0 bridgehead atoms. The maximum Gasteiger partial charge on any atom is 0.160 e. The van der Waals surface area contributed by atoms with Crippen LogP contribution in [0.1, 0.15) is 25.6 Å². The summed E-state index contributed by atoms with van der Waals surface area (Å²) in [5.74, 6) is 1.70. The number of nitrogen functional groups attached to an aromatic ring is 1. The van der Waals surface area contributed by atoms with Gasteiger partial charge < -0.3 is 5.73 Å². The summed E-state index contributed by atoms with van der Waals surface area (Å²) < 4.78 is 0. The second-order valence-corrected chi connectivity index (χ2v) is 4.84. The van der Waals surface area contributed by atoms with Gasteiger partial charge in [-0.05, 0) is 0 Å². The third kappa shape index (κ3) is 1.85. The number of hydrogen-bond acceptors (Lipinski definition) is 4. The Balaban J connectivity index is 2.46. The van der Waals surface area contributed by atoms with Crippen LogP contribution in [0.25, 0.3) is 11.4 Å². The second kappa shape index (κ2) is 3.83. The molecule has 0 amide bonds. The van der Waals surface area contributed by atoms with Gasteiger partial charge in [0.2, 0.25) is 0 Å². The predicted molar refractivity (Wildman–Crippen MR) is 63.2 cm³/mol. The lowest BCUT2D eigenvalue weighted by Gasteiger charge is -1.96. The molecule has 0 aliphatic rings. The van der Waals surface area contributed by atoms with Gasteiger partial charge in [-0.15, -0.1) is 11.3 Å². The Morgan fingerprint density at radius 2 is 2.27 bits per heavy atom. The maximum absolute atomic E-state index is 6.01. The molecular weight excluding hydrogens is 232 g/mol. The number of hydrogen-bond donors (Lipinski definition) is 2. The van der Waals surface area contributed by atoms with Crippen molar-refractivity contribution in [3.63, 3.8) is 0 Å². The van der Waals surface area contributed by atoms with Crippen LogP contribution in [0.15, 0.2) is 5.38 Å². The Labute approximate surface area is 96.5 Å². The van der Waals surface area contributed by atoms with Crippen LogP contribution >= 0.6 is 22.9 Å². The minimum atomic E-state index is 0.286. The number of nitrogens with one attached hydrogen (secondary N) is 1. The van der Waals surface area contributed by atoms with Gasteiger partial charge in [-0.3, -0.25) is 5.10 Å². The average molecular weight is 243 g/mol. The van der Waals surface area contributed by atoms with Crippen LogP contribution in [0.5, 0.6) is 0 Å². The molecule has 0 aromatic carbocycles. The van der Waals surface area contributed by atoms with Gasteiger partial charge in [0.05, 0.1) is 15.6 Å². The van der Waals surface area contributed by atoms with Crippen molar-refractivity contribution in [2.24, 2.45) is 0 Å². The fourth-order valence-corrected chi connectivity index (χ4v) is 2.28. The molecule has 6 heteroatoms. The second-order valence-electron chi connectivity index (χ2n) is 3.52. The van der Waals surface area contributed by atoms with Crippen molar-refractivity contribution in [1.29, 1.82) is 0 Å². The van der Waals surface area contributed by atoms with Crippen LogP contribution in [0, 0.1) is 0 Å². The monoisotopic (exact) mass is 242 g/mol. The van der Waals surface area contributed by atoms with Crippen molar-refractivity contribution in [1.82, 2.24) is 15.2 Å². The fourth-order valence-electron chi connectivity index (χ4n) is 1.23. The summed E-state index contributed by atoms with van der Waals surface area (Å²) in [6.07, 6.45) is 0. The first-order valence-corrected chi connectivity index (χ1v) is 5.80. The number of H-pyrrole nitrogens is 1. The number of anilines is 1. The van der Waals surface area contributed by atoms with Crippen LogP contribution in [0.2, 0.25) is 5.02 Å². The molecule has 3 N–H and O–H groups in total.